The first kappa shape index (κ1) is 10.7. The number of piperazine rings is 1. The number of hydrogen-bond acceptors (Lipinski definition) is 4. The largest absolute Gasteiger partial charge is 0.443 e. The van der Waals surface area contributed by atoms with Gasteiger partial charge in [-0.05, 0) is 27.2 Å². The Morgan fingerprint density at radius 2 is 2.27 bits per heavy atom. The minimum Gasteiger partial charge on any atom is -0.443 e. The Labute approximate surface area is 90.1 Å². The zero-order chi connectivity index (χ0) is 11.1. The Morgan fingerprint density at radius 3 is 2.73 bits per heavy atom. The molecule has 2 bridgehead atoms. The molecule has 5 nitrogen and oxygen atoms in total. The zero-order valence-electron chi connectivity index (χ0n) is 9.54. The highest BCUT2D eigenvalue weighted by Crippen LogP contribution is 2.21. The third kappa shape index (κ3) is 2.60. The van der Waals surface area contributed by atoms with Gasteiger partial charge < -0.3 is 10.1 Å². The van der Waals surface area contributed by atoms with Crippen molar-refractivity contribution in [1.29, 1.82) is 0 Å². The standard InChI is InChI=1S/C10H19N3O2/c1-10(2,3)15-9(14)12-13-6-7-4-8(13)5-11-7/h7-8,11H,4-6H2,1-3H3,(H,12,14). The van der Waals surface area contributed by atoms with Crippen LogP contribution in [0.2, 0.25) is 0 Å². The first-order chi connectivity index (χ1) is 6.94. The highest BCUT2D eigenvalue weighted by molar-refractivity contribution is 5.67. The minimum atomic E-state index is -0.429. The summed E-state index contributed by atoms with van der Waals surface area (Å²) in [7, 11) is 0. The van der Waals surface area contributed by atoms with Crippen molar-refractivity contribution < 1.29 is 9.53 Å². The van der Waals surface area contributed by atoms with Crippen LogP contribution in [0.4, 0.5) is 4.79 Å². The molecule has 0 aromatic carbocycles. The minimum absolute atomic E-state index is 0.352. The summed E-state index contributed by atoms with van der Waals surface area (Å²) in [6.07, 6.45) is 0.769. The van der Waals surface area contributed by atoms with Gasteiger partial charge in [0.1, 0.15) is 5.60 Å². The van der Waals surface area contributed by atoms with E-state index in [2.05, 4.69) is 10.7 Å². The van der Waals surface area contributed by atoms with E-state index < -0.39 is 5.60 Å². The van der Waals surface area contributed by atoms with Gasteiger partial charge in [0, 0.05) is 25.2 Å². The molecule has 2 aliphatic rings. The number of amides is 1. The fourth-order valence-corrected chi connectivity index (χ4v) is 2.12. The van der Waals surface area contributed by atoms with E-state index >= 15 is 0 Å². The number of fused-ring (bicyclic) bond motifs is 2. The summed E-state index contributed by atoms with van der Waals surface area (Å²) in [5, 5.41) is 5.36. The van der Waals surface area contributed by atoms with Crippen molar-refractivity contribution in [3.8, 4) is 0 Å². The maximum Gasteiger partial charge on any atom is 0.422 e. The molecule has 0 aromatic rings. The number of carbonyl (C=O) groups excluding carboxylic acids is 1. The van der Waals surface area contributed by atoms with E-state index in [1.54, 1.807) is 0 Å². The molecule has 0 spiro atoms. The van der Waals surface area contributed by atoms with Crippen molar-refractivity contribution in [2.24, 2.45) is 0 Å². The van der Waals surface area contributed by atoms with Crippen LogP contribution in [0, 0.1) is 0 Å². The van der Waals surface area contributed by atoms with Gasteiger partial charge in [-0.15, -0.1) is 0 Å². The van der Waals surface area contributed by atoms with Crippen LogP contribution in [-0.4, -0.2) is 41.9 Å². The normalized spacial score (nSPS) is 30.6. The molecule has 5 heteroatoms. The van der Waals surface area contributed by atoms with Crippen LogP contribution in [0.1, 0.15) is 27.2 Å². The molecule has 0 radical (unpaired) electrons. The number of hydrazine groups is 1. The summed E-state index contributed by atoms with van der Waals surface area (Å²) in [4.78, 5) is 11.5. The lowest BCUT2D eigenvalue weighted by Crippen LogP contribution is -2.53. The second kappa shape index (κ2) is 3.64. The van der Waals surface area contributed by atoms with E-state index in [-0.39, 0.29) is 6.09 Å². The van der Waals surface area contributed by atoms with Gasteiger partial charge in [-0.25, -0.2) is 9.80 Å². The molecule has 2 unspecified atom stereocenters. The number of nitrogens with one attached hydrogen (secondary N) is 2. The van der Waals surface area contributed by atoms with Crippen molar-refractivity contribution in [1.82, 2.24) is 15.8 Å². The number of ether oxygens (including phenoxy) is 1. The third-order valence-corrected chi connectivity index (χ3v) is 2.69. The summed E-state index contributed by atoms with van der Waals surface area (Å²) in [6, 6.07) is 0.965. The summed E-state index contributed by atoms with van der Waals surface area (Å²) in [5.74, 6) is 0. The lowest BCUT2D eigenvalue weighted by atomic mass is 10.2. The van der Waals surface area contributed by atoms with E-state index in [4.69, 9.17) is 4.74 Å². The maximum atomic E-state index is 11.5. The first-order valence-electron chi connectivity index (χ1n) is 5.44. The molecule has 0 aliphatic carbocycles. The quantitative estimate of drug-likeness (QED) is 0.665. The van der Waals surface area contributed by atoms with E-state index in [1.807, 2.05) is 25.8 Å². The molecule has 15 heavy (non-hydrogen) atoms. The number of carbonyl (C=O) groups is 1. The molecule has 2 fully saturated rings. The van der Waals surface area contributed by atoms with Gasteiger partial charge >= 0.3 is 6.09 Å². The van der Waals surface area contributed by atoms with Gasteiger partial charge in [-0.3, -0.25) is 5.43 Å². The third-order valence-electron chi connectivity index (χ3n) is 2.69. The highest BCUT2D eigenvalue weighted by atomic mass is 16.6. The molecule has 2 rings (SSSR count). The summed E-state index contributed by atoms with van der Waals surface area (Å²) >= 11 is 0. The Bertz CT molecular complexity index is 262. The van der Waals surface area contributed by atoms with E-state index in [0.29, 0.717) is 12.1 Å². The van der Waals surface area contributed by atoms with Crippen molar-refractivity contribution in [3.63, 3.8) is 0 Å². The Balaban J connectivity index is 1.80. The molecule has 1 amide bonds. The molecule has 86 valence electrons. The van der Waals surface area contributed by atoms with Gasteiger partial charge in [0.2, 0.25) is 0 Å². The molecule has 0 aromatic heterocycles. The number of hydrogen-bond donors (Lipinski definition) is 2. The lowest BCUT2D eigenvalue weighted by molar-refractivity contribution is 0.0287. The van der Waals surface area contributed by atoms with Crippen LogP contribution in [0.15, 0.2) is 0 Å². The number of rotatable bonds is 1. The zero-order valence-corrected chi connectivity index (χ0v) is 9.54. The van der Waals surface area contributed by atoms with Crippen LogP contribution in [0.5, 0.6) is 0 Å². The molecule has 2 heterocycles. The van der Waals surface area contributed by atoms with E-state index in [9.17, 15) is 4.79 Å². The molecule has 2 aliphatic heterocycles. The fourth-order valence-electron chi connectivity index (χ4n) is 2.12. The van der Waals surface area contributed by atoms with Gasteiger partial charge in [-0.2, -0.15) is 0 Å². The van der Waals surface area contributed by atoms with Crippen molar-refractivity contribution >= 4 is 6.09 Å². The SMILES string of the molecule is CC(C)(C)OC(=O)NN1CC2CC1CN2. The van der Waals surface area contributed by atoms with Gasteiger partial charge in [-0.1, -0.05) is 0 Å². The topological polar surface area (TPSA) is 53.6 Å². The van der Waals surface area contributed by atoms with Crippen LogP contribution in [-0.2, 0) is 4.74 Å². The Morgan fingerprint density at radius 1 is 1.53 bits per heavy atom. The van der Waals surface area contributed by atoms with Crippen LogP contribution < -0.4 is 10.7 Å². The monoisotopic (exact) mass is 213 g/mol. The highest BCUT2D eigenvalue weighted by Gasteiger charge is 2.38. The van der Waals surface area contributed by atoms with Crippen LogP contribution >= 0.6 is 0 Å². The van der Waals surface area contributed by atoms with Crippen molar-refractivity contribution in [2.75, 3.05) is 13.1 Å². The first-order valence-corrected chi connectivity index (χ1v) is 5.44. The maximum absolute atomic E-state index is 11.5. The molecule has 0 saturated carbocycles. The summed E-state index contributed by atoms with van der Waals surface area (Å²) < 4.78 is 5.20. The predicted molar refractivity (Wildman–Crippen MR) is 56.3 cm³/mol. The van der Waals surface area contributed by atoms with E-state index in [1.165, 1.54) is 0 Å². The van der Waals surface area contributed by atoms with E-state index in [0.717, 1.165) is 19.5 Å². The molecular weight excluding hydrogens is 194 g/mol. The fraction of sp³-hybridized carbons (Fsp3) is 0.900. The summed E-state index contributed by atoms with van der Waals surface area (Å²) in [5.41, 5.74) is 2.37. The molecule has 2 saturated heterocycles. The van der Waals surface area contributed by atoms with Crippen molar-refractivity contribution in [2.45, 2.75) is 44.9 Å². The van der Waals surface area contributed by atoms with Crippen molar-refractivity contribution in [3.05, 3.63) is 0 Å². The summed E-state index contributed by atoms with van der Waals surface area (Å²) in [6.45, 7) is 7.43. The molecule has 2 N–H and O–H groups in total. The second-order valence-corrected chi connectivity index (χ2v) is 5.26. The Hall–Kier alpha value is -0.810. The average Bonchev–Trinajstić information content (AvgIpc) is 2.60. The lowest BCUT2D eigenvalue weighted by Gasteiger charge is -2.29. The number of nitrogens with zero attached hydrogens (tertiary/aromatic N) is 1. The predicted octanol–water partition coefficient (Wildman–Crippen LogP) is 0.472. The Kier molecular flexibility index (Phi) is 2.60. The molecule has 2 atom stereocenters. The van der Waals surface area contributed by atoms with Gasteiger partial charge in [0.25, 0.3) is 0 Å². The second-order valence-electron chi connectivity index (χ2n) is 5.26. The molecular formula is C10H19N3O2. The van der Waals surface area contributed by atoms with Crippen LogP contribution in [0.25, 0.3) is 0 Å². The van der Waals surface area contributed by atoms with Gasteiger partial charge in [0.05, 0.1) is 0 Å². The van der Waals surface area contributed by atoms with Gasteiger partial charge in [0.15, 0.2) is 0 Å². The smallest absolute Gasteiger partial charge is 0.422 e. The van der Waals surface area contributed by atoms with Crippen LogP contribution in [0.3, 0.4) is 0 Å². The average molecular weight is 213 g/mol.